The maximum Gasteiger partial charge on any atom is 0.336 e. The maximum atomic E-state index is 11.0. The first-order valence-electron chi connectivity index (χ1n) is 5.88. The van der Waals surface area contributed by atoms with Crippen molar-refractivity contribution in [1.82, 2.24) is 0 Å². The van der Waals surface area contributed by atoms with E-state index in [4.69, 9.17) is 33.0 Å². The molecule has 0 aromatic heterocycles. The van der Waals surface area contributed by atoms with E-state index in [-0.39, 0.29) is 5.56 Å². The molecule has 0 radical (unpaired) electrons. The molecule has 20 heavy (non-hydrogen) atoms. The van der Waals surface area contributed by atoms with E-state index in [9.17, 15) is 4.79 Å². The maximum absolute atomic E-state index is 11.0. The number of carboxylic acid groups (broad SMARTS) is 1. The summed E-state index contributed by atoms with van der Waals surface area (Å²) in [5.41, 5.74) is 1.69. The van der Waals surface area contributed by atoms with Gasteiger partial charge < -0.3 is 9.84 Å². The lowest BCUT2D eigenvalue weighted by atomic mass is 10.1. The molecule has 0 atom stereocenters. The van der Waals surface area contributed by atoms with Crippen LogP contribution in [0.3, 0.4) is 0 Å². The lowest BCUT2D eigenvalue weighted by molar-refractivity contribution is 0.0695. The van der Waals surface area contributed by atoms with Gasteiger partial charge >= 0.3 is 5.97 Å². The van der Waals surface area contributed by atoms with Gasteiger partial charge in [0, 0.05) is 5.56 Å². The Kier molecular flexibility index (Phi) is 4.53. The van der Waals surface area contributed by atoms with Crippen molar-refractivity contribution in [3.8, 4) is 5.75 Å². The molecular weight excluding hydrogens is 299 g/mol. The fourth-order valence-electron chi connectivity index (χ4n) is 1.79. The first kappa shape index (κ1) is 14.7. The van der Waals surface area contributed by atoms with Gasteiger partial charge in [-0.15, -0.1) is 0 Å². The van der Waals surface area contributed by atoms with E-state index in [1.54, 1.807) is 37.3 Å². The first-order chi connectivity index (χ1) is 9.49. The summed E-state index contributed by atoms with van der Waals surface area (Å²) in [5.74, 6) is -0.432. The highest BCUT2D eigenvalue weighted by Crippen LogP contribution is 2.25. The standard InChI is InChI=1S/C15H12Cl2O3/c1-9-11(15(18)19)3-2-4-14(9)20-8-10-5-6-12(16)13(17)7-10/h2-7H,8H2,1H3,(H,18,19). The monoisotopic (exact) mass is 310 g/mol. The third kappa shape index (κ3) is 3.24. The van der Waals surface area contributed by atoms with Crippen molar-refractivity contribution in [2.24, 2.45) is 0 Å². The van der Waals surface area contributed by atoms with Gasteiger partial charge in [0.25, 0.3) is 0 Å². The van der Waals surface area contributed by atoms with Crippen molar-refractivity contribution in [1.29, 1.82) is 0 Å². The summed E-state index contributed by atoms with van der Waals surface area (Å²) >= 11 is 11.8. The molecule has 0 saturated carbocycles. The fraction of sp³-hybridized carbons (Fsp3) is 0.133. The normalized spacial score (nSPS) is 10.3. The number of hydrogen-bond acceptors (Lipinski definition) is 2. The van der Waals surface area contributed by atoms with Crippen molar-refractivity contribution < 1.29 is 14.6 Å². The van der Waals surface area contributed by atoms with E-state index < -0.39 is 5.97 Å². The molecule has 0 bridgehead atoms. The van der Waals surface area contributed by atoms with Gasteiger partial charge in [0.1, 0.15) is 12.4 Å². The molecule has 2 aromatic carbocycles. The van der Waals surface area contributed by atoms with E-state index in [1.165, 1.54) is 0 Å². The van der Waals surface area contributed by atoms with Gasteiger partial charge in [0.15, 0.2) is 0 Å². The first-order valence-corrected chi connectivity index (χ1v) is 6.64. The Morgan fingerprint density at radius 1 is 1.20 bits per heavy atom. The summed E-state index contributed by atoms with van der Waals surface area (Å²) in [7, 11) is 0. The number of aromatic carboxylic acids is 1. The van der Waals surface area contributed by atoms with E-state index in [1.807, 2.05) is 6.07 Å². The van der Waals surface area contributed by atoms with Crippen LogP contribution >= 0.6 is 23.2 Å². The Morgan fingerprint density at radius 2 is 1.95 bits per heavy atom. The number of rotatable bonds is 4. The molecule has 2 aromatic rings. The highest BCUT2D eigenvalue weighted by Gasteiger charge is 2.11. The lowest BCUT2D eigenvalue weighted by Crippen LogP contribution is -2.03. The summed E-state index contributed by atoms with van der Waals surface area (Å²) in [6, 6.07) is 10.2. The van der Waals surface area contributed by atoms with Crippen molar-refractivity contribution >= 4 is 29.2 Å². The molecule has 0 heterocycles. The number of benzene rings is 2. The Morgan fingerprint density at radius 3 is 2.60 bits per heavy atom. The van der Waals surface area contributed by atoms with E-state index in [0.717, 1.165) is 5.56 Å². The second kappa shape index (κ2) is 6.16. The van der Waals surface area contributed by atoms with Crippen molar-refractivity contribution in [2.45, 2.75) is 13.5 Å². The minimum atomic E-state index is -0.970. The molecule has 3 nitrogen and oxygen atoms in total. The van der Waals surface area contributed by atoms with Crippen LogP contribution in [0.1, 0.15) is 21.5 Å². The molecular formula is C15H12Cl2O3. The predicted molar refractivity (Wildman–Crippen MR) is 78.9 cm³/mol. The van der Waals surface area contributed by atoms with Crippen LogP contribution in [0.15, 0.2) is 36.4 Å². The summed E-state index contributed by atoms with van der Waals surface area (Å²) in [5, 5.41) is 10.0. The molecule has 0 aliphatic rings. The molecule has 5 heteroatoms. The zero-order valence-electron chi connectivity index (χ0n) is 10.7. The van der Waals surface area contributed by atoms with E-state index in [2.05, 4.69) is 0 Å². The van der Waals surface area contributed by atoms with Crippen molar-refractivity contribution in [3.63, 3.8) is 0 Å². The van der Waals surface area contributed by atoms with Gasteiger partial charge in [-0.25, -0.2) is 4.79 Å². The van der Waals surface area contributed by atoms with Crippen LogP contribution in [0.5, 0.6) is 5.75 Å². The van der Waals surface area contributed by atoms with Gasteiger partial charge in [-0.3, -0.25) is 0 Å². The highest BCUT2D eigenvalue weighted by molar-refractivity contribution is 6.42. The second-order valence-corrected chi connectivity index (χ2v) is 5.09. The topological polar surface area (TPSA) is 46.5 Å². The second-order valence-electron chi connectivity index (χ2n) is 4.27. The molecule has 0 spiro atoms. The van der Waals surface area contributed by atoms with Gasteiger partial charge in [-0.2, -0.15) is 0 Å². The third-order valence-corrected chi connectivity index (χ3v) is 3.63. The molecule has 0 amide bonds. The highest BCUT2D eigenvalue weighted by atomic mass is 35.5. The van der Waals surface area contributed by atoms with Crippen LogP contribution in [0.25, 0.3) is 0 Å². The summed E-state index contributed by atoms with van der Waals surface area (Å²) in [6.45, 7) is 2.01. The number of hydrogen-bond donors (Lipinski definition) is 1. The van der Waals surface area contributed by atoms with Crippen LogP contribution in [0.2, 0.25) is 10.0 Å². The van der Waals surface area contributed by atoms with Gasteiger partial charge in [-0.05, 0) is 36.8 Å². The quantitative estimate of drug-likeness (QED) is 0.899. The van der Waals surface area contributed by atoms with Crippen molar-refractivity contribution in [2.75, 3.05) is 0 Å². The Bertz CT molecular complexity index is 654. The zero-order valence-corrected chi connectivity index (χ0v) is 12.2. The van der Waals surface area contributed by atoms with E-state index >= 15 is 0 Å². The summed E-state index contributed by atoms with van der Waals surface area (Å²) in [6.07, 6.45) is 0. The minimum absolute atomic E-state index is 0.233. The predicted octanol–water partition coefficient (Wildman–Crippen LogP) is 4.58. The smallest absolute Gasteiger partial charge is 0.336 e. The van der Waals surface area contributed by atoms with Crippen LogP contribution in [-0.4, -0.2) is 11.1 Å². The SMILES string of the molecule is Cc1c(OCc2ccc(Cl)c(Cl)c2)cccc1C(=O)O. The minimum Gasteiger partial charge on any atom is -0.489 e. The van der Waals surface area contributed by atoms with Gasteiger partial charge in [-0.1, -0.05) is 35.3 Å². The molecule has 0 fully saturated rings. The summed E-state index contributed by atoms with van der Waals surface area (Å²) < 4.78 is 5.64. The number of carbonyl (C=O) groups is 1. The molecule has 0 unspecified atom stereocenters. The van der Waals surface area contributed by atoms with Gasteiger partial charge in [0.05, 0.1) is 15.6 Å². The number of carboxylic acids is 1. The average Bonchev–Trinajstić information content (AvgIpc) is 2.41. The Balaban J connectivity index is 2.17. The van der Waals surface area contributed by atoms with Crippen molar-refractivity contribution in [3.05, 3.63) is 63.1 Å². The third-order valence-electron chi connectivity index (χ3n) is 2.89. The lowest BCUT2D eigenvalue weighted by Gasteiger charge is -2.11. The van der Waals surface area contributed by atoms with Crippen LogP contribution in [-0.2, 0) is 6.61 Å². The molecule has 1 N–H and O–H groups in total. The number of halogens is 2. The van der Waals surface area contributed by atoms with Crippen LogP contribution in [0, 0.1) is 6.92 Å². The molecule has 0 aliphatic carbocycles. The molecule has 0 aliphatic heterocycles. The fourth-order valence-corrected chi connectivity index (χ4v) is 2.11. The average molecular weight is 311 g/mol. The van der Waals surface area contributed by atoms with Crippen LogP contribution < -0.4 is 4.74 Å². The Hall–Kier alpha value is -1.71. The molecule has 2 rings (SSSR count). The largest absolute Gasteiger partial charge is 0.489 e. The van der Waals surface area contributed by atoms with Crippen LogP contribution in [0.4, 0.5) is 0 Å². The summed E-state index contributed by atoms with van der Waals surface area (Å²) in [4.78, 5) is 11.0. The van der Waals surface area contributed by atoms with Gasteiger partial charge in [0.2, 0.25) is 0 Å². The number of ether oxygens (including phenoxy) is 1. The molecule has 0 saturated heterocycles. The zero-order chi connectivity index (χ0) is 14.7. The van der Waals surface area contributed by atoms with E-state index in [0.29, 0.717) is 28.0 Å². The molecule has 104 valence electrons. The Labute approximate surface area is 126 Å².